The number of nitrogens with zero attached hydrogens (tertiary/aromatic N) is 1. The number of piperazine rings is 1. The number of hydrogen-bond acceptors (Lipinski definition) is 2. The minimum absolute atomic E-state index is 0.729. The van der Waals surface area contributed by atoms with E-state index < -0.39 is 0 Å². The summed E-state index contributed by atoms with van der Waals surface area (Å²) in [5, 5.41) is 3.53. The fourth-order valence-corrected chi connectivity index (χ4v) is 2.79. The van der Waals surface area contributed by atoms with E-state index in [4.69, 9.17) is 0 Å². The molecule has 1 aliphatic heterocycles. The molecule has 0 bridgehead atoms. The largest absolute Gasteiger partial charge is 0.314 e. The summed E-state index contributed by atoms with van der Waals surface area (Å²) in [5.74, 6) is 1.62. The molecular formula is C14H30N2. The van der Waals surface area contributed by atoms with E-state index in [0.29, 0.717) is 0 Å². The second kappa shape index (κ2) is 6.61. The first-order valence-electron chi connectivity index (χ1n) is 7.02. The van der Waals surface area contributed by atoms with E-state index in [0.717, 1.165) is 30.5 Å². The Kier molecular flexibility index (Phi) is 5.77. The first kappa shape index (κ1) is 14.0. The highest BCUT2D eigenvalue weighted by Crippen LogP contribution is 2.21. The van der Waals surface area contributed by atoms with Crippen molar-refractivity contribution in [2.45, 2.75) is 59.5 Å². The van der Waals surface area contributed by atoms with Crippen molar-refractivity contribution >= 4 is 0 Å². The van der Waals surface area contributed by atoms with Gasteiger partial charge in [0.1, 0.15) is 0 Å². The molecule has 0 aromatic heterocycles. The highest BCUT2D eigenvalue weighted by atomic mass is 15.2. The molecule has 96 valence electrons. The second-order valence-corrected chi connectivity index (χ2v) is 5.85. The van der Waals surface area contributed by atoms with Gasteiger partial charge < -0.3 is 5.32 Å². The van der Waals surface area contributed by atoms with Crippen LogP contribution in [0.5, 0.6) is 0 Å². The standard InChI is InChI=1S/C14H30N2/c1-6-12(4)9-13(5)16-8-7-15-10-14(16)11(2)3/h11-15H,6-10H2,1-5H3. The summed E-state index contributed by atoms with van der Waals surface area (Å²) < 4.78 is 0. The third kappa shape index (κ3) is 3.74. The summed E-state index contributed by atoms with van der Waals surface area (Å²) in [6, 6.07) is 1.47. The molecule has 0 amide bonds. The van der Waals surface area contributed by atoms with Gasteiger partial charge in [-0.2, -0.15) is 0 Å². The molecule has 0 radical (unpaired) electrons. The lowest BCUT2D eigenvalue weighted by molar-refractivity contribution is 0.0732. The van der Waals surface area contributed by atoms with Gasteiger partial charge in [-0.3, -0.25) is 4.90 Å². The van der Waals surface area contributed by atoms with Crippen LogP contribution in [0.3, 0.4) is 0 Å². The first-order valence-corrected chi connectivity index (χ1v) is 7.02. The molecule has 0 aromatic carbocycles. The van der Waals surface area contributed by atoms with E-state index in [9.17, 15) is 0 Å². The van der Waals surface area contributed by atoms with Crippen LogP contribution in [0.1, 0.15) is 47.5 Å². The molecule has 0 spiro atoms. The fraction of sp³-hybridized carbons (Fsp3) is 1.00. The van der Waals surface area contributed by atoms with Crippen LogP contribution in [0.15, 0.2) is 0 Å². The van der Waals surface area contributed by atoms with Crippen molar-refractivity contribution in [2.75, 3.05) is 19.6 Å². The summed E-state index contributed by atoms with van der Waals surface area (Å²) in [6.45, 7) is 15.3. The lowest BCUT2D eigenvalue weighted by atomic mass is 9.94. The molecule has 3 atom stereocenters. The average Bonchev–Trinajstić information content (AvgIpc) is 2.28. The van der Waals surface area contributed by atoms with Crippen LogP contribution in [0.4, 0.5) is 0 Å². The zero-order valence-corrected chi connectivity index (χ0v) is 11.8. The molecule has 1 aliphatic rings. The van der Waals surface area contributed by atoms with Crippen LogP contribution in [0, 0.1) is 11.8 Å². The lowest BCUT2D eigenvalue weighted by Crippen LogP contribution is -2.56. The van der Waals surface area contributed by atoms with Crippen LogP contribution in [0.25, 0.3) is 0 Å². The lowest BCUT2D eigenvalue weighted by Gasteiger charge is -2.43. The summed E-state index contributed by atoms with van der Waals surface area (Å²) >= 11 is 0. The Labute approximate surface area is 102 Å². The Bertz CT molecular complexity index is 191. The van der Waals surface area contributed by atoms with Gasteiger partial charge in [0.05, 0.1) is 0 Å². The molecule has 0 aromatic rings. The predicted octanol–water partition coefficient (Wildman–Crippen LogP) is 2.74. The van der Waals surface area contributed by atoms with Crippen molar-refractivity contribution in [2.24, 2.45) is 11.8 Å². The van der Waals surface area contributed by atoms with E-state index in [1.165, 1.54) is 25.9 Å². The SMILES string of the molecule is CCC(C)CC(C)N1CCNCC1C(C)C. The van der Waals surface area contributed by atoms with Crippen molar-refractivity contribution in [1.82, 2.24) is 10.2 Å². The van der Waals surface area contributed by atoms with E-state index in [1.807, 2.05) is 0 Å². The van der Waals surface area contributed by atoms with Gasteiger partial charge >= 0.3 is 0 Å². The smallest absolute Gasteiger partial charge is 0.0246 e. The highest BCUT2D eigenvalue weighted by molar-refractivity contribution is 4.85. The van der Waals surface area contributed by atoms with Crippen molar-refractivity contribution in [1.29, 1.82) is 0 Å². The van der Waals surface area contributed by atoms with Crippen LogP contribution < -0.4 is 5.32 Å². The quantitative estimate of drug-likeness (QED) is 0.775. The molecule has 3 unspecified atom stereocenters. The number of rotatable bonds is 5. The van der Waals surface area contributed by atoms with Gasteiger partial charge in [0.15, 0.2) is 0 Å². The Morgan fingerprint density at radius 2 is 1.94 bits per heavy atom. The zero-order chi connectivity index (χ0) is 12.1. The molecule has 1 N–H and O–H groups in total. The van der Waals surface area contributed by atoms with Gasteiger partial charge in [0.25, 0.3) is 0 Å². The minimum Gasteiger partial charge on any atom is -0.314 e. The van der Waals surface area contributed by atoms with E-state index in [2.05, 4.69) is 44.8 Å². The van der Waals surface area contributed by atoms with Gasteiger partial charge in [-0.15, -0.1) is 0 Å². The molecule has 0 aliphatic carbocycles. The van der Waals surface area contributed by atoms with Crippen LogP contribution in [-0.4, -0.2) is 36.6 Å². The second-order valence-electron chi connectivity index (χ2n) is 5.85. The summed E-state index contributed by atoms with van der Waals surface area (Å²) in [4.78, 5) is 2.73. The molecule has 0 saturated carbocycles. The van der Waals surface area contributed by atoms with Crippen molar-refractivity contribution in [3.8, 4) is 0 Å². The average molecular weight is 226 g/mol. The molecule has 1 saturated heterocycles. The van der Waals surface area contributed by atoms with Crippen LogP contribution in [-0.2, 0) is 0 Å². The molecule has 2 nitrogen and oxygen atoms in total. The Morgan fingerprint density at radius 1 is 1.25 bits per heavy atom. The number of hydrogen-bond donors (Lipinski definition) is 1. The number of nitrogens with one attached hydrogen (secondary N) is 1. The maximum Gasteiger partial charge on any atom is 0.0246 e. The van der Waals surface area contributed by atoms with Crippen molar-refractivity contribution < 1.29 is 0 Å². The molecule has 2 heteroatoms. The minimum atomic E-state index is 0.729. The van der Waals surface area contributed by atoms with Gasteiger partial charge in [0, 0.05) is 31.7 Å². The third-order valence-corrected chi connectivity index (χ3v) is 4.10. The summed E-state index contributed by atoms with van der Waals surface area (Å²) in [7, 11) is 0. The molecule has 1 heterocycles. The van der Waals surface area contributed by atoms with Crippen LogP contribution >= 0.6 is 0 Å². The zero-order valence-electron chi connectivity index (χ0n) is 11.8. The molecule has 16 heavy (non-hydrogen) atoms. The molecular weight excluding hydrogens is 196 g/mol. The van der Waals surface area contributed by atoms with E-state index in [-0.39, 0.29) is 0 Å². The Hall–Kier alpha value is -0.0800. The van der Waals surface area contributed by atoms with Crippen molar-refractivity contribution in [3.05, 3.63) is 0 Å². The third-order valence-electron chi connectivity index (χ3n) is 4.10. The molecule has 1 rings (SSSR count). The van der Waals surface area contributed by atoms with Gasteiger partial charge in [-0.25, -0.2) is 0 Å². The van der Waals surface area contributed by atoms with Gasteiger partial charge in [-0.1, -0.05) is 34.1 Å². The molecule has 1 fully saturated rings. The Balaban J connectivity index is 2.53. The fourth-order valence-electron chi connectivity index (χ4n) is 2.79. The van der Waals surface area contributed by atoms with E-state index >= 15 is 0 Å². The summed E-state index contributed by atoms with van der Waals surface area (Å²) in [6.07, 6.45) is 2.66. The van der Waals surface area contributed by atoms with E-state index in [1.54, 1.807) is 0 Å². The predicted molar refractivity (Wildman–Crippen MR) is 71.7 cm³/mol. The van der Waals surface area contributed by atoms with Gasteiger partial charge in [0.2, 0.25) is 0 Å². The Morgan fingerprint density at radius 3 is 2.50 bits per heavy atom. The maximum atomic E-state index is 3.53. The maximum absolute atomic E-state index is 3.53. The van der Waals surface area contributed by atoms with Crippen LogP contribution in [0.2, 0.25) is 0 Å². The van der Waals surface area contributed by atoms with Gasteiger partial charge in [-0.05, 0) is 25.2 Å². The normalized spacial score (nSPS) is 27.0. The topological polar surface area (TPSA) is 15.3 Å². The highest BCUT2D eigenvalue weighted by Gasteiger charge is 2.28. The first-order chi connectivity index (χ1) is 7.56. The summed E-state index contributed by atoms with van der Waals surface area (Å²) in [5.41, 5.74) is 0. The monoisotopic (exact) mass is 226 g/mol. The van der Waals surface area contributed by atoms with Crippen molar-refractivity contribution in [3.63, 3.8) is 0 Å².